The van der Waals surface area contributed by atoms with Gasteiger partial charge in [-0.3, -0.25) is 0 Å². The fourth-order valence-corrected chi connectivity index (χ4v) is 1.81. The zero-order valence-electron chi connectivity index (χ0n) is 7.73. The Hall–Kier alpha value is -0.400. The monoisotopic (exact) mass is 217 g/mol. The van der Waals surface area contributed by atoms with Crippen molar-refractivity contribution in [3.05, 3.63) is 28.8 Å². The Bertz CT molecular complexity index is 321. The lowest BCUT2D eigenvalue weighted by atomic mass is 9.87. The van der Waals surface area contributed by atoms with Crippen molar-refractivity contribution in [2.75, 3.05) is 11.9 Å². The predicted molar refractivity (Wildman–Crippen MR) is 60.2 cm³/mol. The molecule has 1 nitrogen and oxygen atoms in total. The van der Waals surface area contributed by atoms with Gasteiger partial charge in [0, 0.05) is 22.7 Å². The lowest BCUT2D eigenvalue weighted by Crippen LogP contribution is -2.18. The van der Waals surface area contributed by atoms with Gasteiger partial charge in [-0.15, -0.1) is 12.4 Å². The molecule has 13 heavy (non-hydrogen) atoms. The summed E-state index contributed by atoms with van der Waals surface area (Å²) in [7, 11) is 0. The van der Waals surface area contributed by atoms with Crippen molar-refractivity contribution in [3.63, 3.8) is 0 Å². The summed E-state index contributed by atoms with van der Waals surface area (Å²) in [5.74, 6) is 0. The van der Waals surface area contributed by atoms with Crippen LogP contribution < -0.4 is 5.32 Å². The zero-order valence-corrected chi connectivity index (χ0v) is 9.30. The molecule has 3 heteroatoms. The highest BCUT2D eigenvalue weighted by molar-refractivity contribution is 6.30. The third-order valence-electron chi connectivity index (χ3n) is 2.43. The van der Waals surface area contributed by atoms with Crippen molar-refractivity contribution < 1.29 is 0 Å². The van der Waals surface area contributed by atoms with Crippen LogP contribution in [0.4, 0.5) is 5.69 Å². The summed E-state index contributed by atoms with van der Waals surface area (Å²) in [5.41, 5.74) is 2.78. The van der Waals surface area contributed by atoms with Gasteiger partial charge in [-0.2, -0.15) is 0 Å². The van der Waals surface area contributed by atoms with Crippen LogP contribution in [-0.2, 0) is 5.41 Å². The molecule has 0 bridgehead atoms. The third-order valence-corrected chi connectivity index (χ3v) is 2.67. The highest BCUT2D eigenvalue weighted by atomic mass is 35.5. The molecule has 0 fully saturated rings. The topological polar surface area (TPSA) is 12.0 Å². The molecular formula is C10H13Cl2N. The normalized spacial score (nSPS) is 17.2. The van der Waals surface area contributed by atoms with Gasteiger partial charge in [0.2, 0.25) is 0 Å². The van der Waals surface area contributed by atoms with Crippen LogP contribution in [0.2, 0.25) is 5.02 Å². The van der Waals surface area contributed by atoms with Crippen molar-refractivity contribution in [1.29, 1.82) is 0 Å². The number of nitrogens with one attached hydrogen (secondary N) is 1. The van der Waals surface area contributed by atoms with E-state index >= 15 is 0 Å². The maximum absolute atomic E-state index is 5.92. The second-order valence-electron chi connectivity index (χ2n) is 3.93. The van der Waals surface area contributed by atoms with E-state index in [9.17, 15) is 0 Å². The summed E-state index contributed by atoms with van der Waals surface area (Å²) in [5, 5.41) is 4.18. The van der Waals surface area contributed by atoms with E-state index in [0.29, 0.717) is 0 Å². The highest BCUT2D eigenvalue weighted by Crippen LogP contribution is 2.37. The molecule has 1 aliphatic rings. The molecule has 0 unspecified atom stereocenters. The molecule has 0 spiro atoms. The third kappa shape index (κ3) is 1.77. The van der Waals surface area contributed by atoms with Gasteiger partial charge in [-0.05, 0) is 23.8 Å². The summed E-state index contributed by atoms with van der Waals surface area (Å²) in [4.78, 5) is 0. The molecule has 1 heterocycles. The minimum atomic E-state index is 0. The Morgan fingerprint density at radius 2 is 2.08 bits per heavy atom. The summed E-state index contributed by atoms with van der Waals surface area (Å²) in [6.45, 7) is 5.45. The first-order valence-electron chi connectivity index (χ1n) is 4.13. The lowest BCUT2D eigenvalue weighted by Gasteiger charge is -2.16. The molecular weight excluding hydrogens is 205 g/mol. The zero-order chi connectivity index (χ0) is 8.77. The van der Waals surface area contributed by atoms with E-state index in [2.05, 4.69) is 25.2 Å². The molecule has 2 rings (SSSR count). The van der Waals surface area contributed by atoms with Crippen molar-refractivity contribution in [2.24, 2.45) is 0 Å². The molecule has 72 valence electrons. The van der Waals surface area contributed by atoms with Gasteiger partial charge >= 0.3 is 0 Å². The van der Waals surface area contributed by atoms with Gasteiger partial charge in [0.1, 0.15) is 0 Å². The van der Waals surface area contributed by atoms with Crippen LogP contribution in [0, 0.1) is 0 Å². The van der Waals surface area contributed by atoms with Crippen molar-refractivity contribution in [1.82, 2.24) is 0 Å². The molecule has 0 aliphatic carbocycles. The summed E-state index contributed by atoms with van der Waals surface area (Å²) >= 11 is 5.92. The Morgan fingerprint density at radius 1 is 1.38 bits per heavy atom. The first-order chi connectivity index (χ1) is 5.59. The van der Waals surface area contributed by atoms with Crippen LogP contribution in [-0.4, -0.2) is 6.54 Å². The Kier molecular flexibility index (Phi) is 2.79. The minimum absolute atomic E-state index is 0. The van der Waals surface area contributed by atoms with E-state index in [1.54, 1.807) is 0 Å². The second kappa shape index (κ2) is 3.39. The molecule has 0 saturated heterocycles. The van der Waals surface area contributed by atoms with Gasteiger partial charge in [0.15, 0.2) is 0 Å². The smallest absolute Gasteiger partial charge is 0.0410 e. The predicted octanol–water partition coefficient (Wildman–Crippen LogP) is 3.46. The first kappa shape index (κ1) is 10.7. The lowest BCUT2D eigenvalue weighted by molar-refractivity contribution is 0.586. The number of benzene rings is 1. The number of hydrogen-bond donors (Lipinski definition) is 1. The van der Waals surface area contributed by atoms with Crippen molar-refractivity contribution in [2.45, 2.75) is 19.3 Å². The summed E-state index contributed by atoms with van der Waals surface area (Å²) in [6.07, 6.45) is 0. The average molecular weight is 218 g/mol. The van der Waals surface area contributed by atoms with Crippen LogP contribution >= 0.6 is 24.0 Å². The molecule has 1 N–H and O–H groups in total. The van der Waals surface area contributed by atoms with E-state index in [0.717, 1.165) is 11.6 Å². The summed E-state index contributed by atoms with van der Waals surface area (Å²) < 4.78 is 0. The fourth-order valence-electron chi connectivity index (χ4n) is 1.64. The highest BCUT2D eigenvalue weighted by Gasteiger charge is 2.29. The Morgan fingerprint density at radius 3 is 2.77 bits per heavy atom. The molecule has 0 amide bonds. The van der Waals surface area contributed by atoms with Gasteiger partial charge in [0.25, 0.3) is 0 Å². The van der Waals surface area contributed by atoms with E-state index in [4.69, 9.17) is 11.6 Å². The van der Waals surface area contributed by atoms with E-state index < -0.39 is 0 Å². The standard InChI is InChI=1S/C10H12ClN.ClH/c1-10(2)6-12-9-4-3-7(11)5-8(9)10;/h3-5,12H,6H2,1-2H3;1H. The Balaban J connectivity index is 0.000000845. The molecule has 1 aliphatic heterocycles. The molecule has 0 saturated carbocycles. The van der Waals surface area contributed by atoms with Crippen LogP contribution in [0.15, 0.2) is 18.2 Å². The largest absolute Gasteiger partial charge is 0.384 e. The SMILES string of the molecule is CC1(C)CNc2ccc(Cl)cc21.Cl. The number of anilines is 1. The van der Waals surface area contributed by atoms with Gasteiger partial charge < -0.3 is 5.32 Å². The van der Waals surface area contributed by atoms with Gasteiger partial charge in [-0.25, -0.2) is 0 Å². The van der Waals surface area contributed by atoms with E-state index in [1.807, 2.05) is 12.1 Å². The molecule has 1 aromatic carbocycles. The minimum Gasteiger partial charge on any atom is -0.384 e. The van der Waals surface area contributed by atoms with Gasteiger partial charge in [-0.1, -0.05) is 25.4 Å². The van der Waals surface area contributed by atoms with Gasteiger partial charge in [0.05, 0.1) is 0 Å². The summed E-state index contributed by atoms with van der Waals surface area (Å²) in [6, 6.07) is 6.03. The molecule has 1 aromatic rings. The number of fused-ring (bicyclic) bond motifs is 1. The van der Waals surface area contributed by atoms with Crippen molar-refractivity contribution >= 4 is 29.7 Å². The molecule has 0 radical (unpaired) electrons. The average Bonchev–Trinajstić information content (AvgIpc) is 2.28. The number of halogens is 2. The first-order valence-corrected chi connectivity index (χ1v) is 4.51. The number of rotatable bonds is 0. The van der Waals surface area contributed by atoms with Crippen LogP contribution in [0.5, 0.6) is 0 Å². The Labute approximate surface area is 89.9 Å². The van der Waals surface area contributed by atoms with Crippen LogP contribution in [0.25, 0.3) is 0 Å². The fraction of sp³-hybridized carbons (Fsp3) is 0.400. The van der Waals surface area contributed by atoms with Crippen LogP contribution in [0.1, 0.15) is 19.4 Å². The quantitative estimate of drug-likeness (QED) is 0.703. The molecule has 0 atom stereocenters. The van der Waals surface area contributed by atoms with E-state index in [-0.39, 0.29) is 17.8 Å². The van der Waals surface area contributed by atoms with Crippen molar-refractivity contribution in [3.8, 4) is 0 Å². The maximum Gasteiger partial charge on any atom is 0.0410 e. The molecule has 0 aromatic heterocycles. The number of hydrogen-bond acceptors (Lipinski definition) is 1. The maximum atomic E-state index is 5.92. The van der Waals surface area contributed by atoms with E-state index in [1.165, 1.54) is 11.3 Å². The second-order valence-corrected chi connectivity index (χ2v) is 4.36. The van der Waals surface area contributed by atoms with Crippen LogP contribution in [0.3, 0.4) is 0 Å².